The Balaban J connectivity index is 1.39. The van der Waals surface area contributed by atoms with Gasteiger partial charge in [0, 0.05) is 28.9 Å². The fourth-order valence-electron chi connectivity index (χ4n) is 4.89. The van der Waals surface area contributed by atoms with E-state index in [-0.39, 0.29) is 17.4 Å². The molecular weight excluding hydrogens is 475 g/mol. The standard InChI is InChI=1S/C28H19FN4O4/c1-15(34)32-23-5-3-2-4-19(23)20-13-22(30-14-25(20)32)27(36)31-26-21-12-18(35)10-11-24(21)33(28(26)37)17-8-6-16(29)7-9-17/h2-14,26,35H,1H3,(H,31,36). The number of benzene rings is 3. The van der Waals surface area contributed by atoms with E-state index in [9.17, 15) is 23.9 Å². The molecule has 0 bridgehead atoms. The zero-order chi connectivity index (χ0) is 25.8. The lowest BCUT2D eigenvalue weighted by Crippen LogP contribution is -2.36. The van der Waals surface area contributed by atoms with Crippen LogP contribution in [0.15, 0.2) is 79.0 Å². The third kappa shape index (κ3) is 3.51. The van der Waals surface area contributed by atoms with Crippen LogP contribution in [0.25, 0.3) is 21.8 Å². The van der Waals surface area contributed by atoms with E-state index in [4.69, 9.17) is 0 Å². The number of fused-ring (bicyclic) bond motifs is 4. The number of aromatic hydroxyl groups is 1. The van der Waals surface area contributed by atoms with Crippen LogP contribution in [0.5, 0.6) is 5.75 Å². The summed E-state index contributed by atoms with van der Waals surface area (Å²) in [5.74, 6) is -1.76. The molecule has 37 heavy (non-hydrogen) atoms. The van der Waals surface area contributed by atoms with Gasteiger partial charge in [-0.15, -0.1) is 0 Å². The molecule has 9 heteroatoms. The molecule has 3 aromatic carbocycles. The topological polar surface area (TPSA) is 105 Å². The summed E-state index contributed by atoms with van der Waals surface area (Å²) in [5, 5.41) is 14.3. The Labute approximate surface area is 209 Å². The number of hydrogen-bond acceptors (Lipinski definition) is 5. The summed E-state index contributed by atoms with van der Waals surface area (Å²) in [6.45, 7) is 1.46. The Hall–Kier alpha value is -5.05. The fraction of sp³-hybridized carbons (Fsp3) is 0.0714. The molecule has 3 heterocycles. The second kappa shape index (κ2) is 8.27. The van der Waals surface area contributed by atoms with Gasteiger partial charge in [-0.05, 0) is 54.6 Å². The van der Waals surface area contributed by atoms with E-state index in [2.05, 4.69) is 10.3 Å². The predicted molar refractivity (Wildman–Crippen MR) is 135 cm³/mol. The van der Waals surface area contributed by atoms with Crippen molar-refractivity contribution in [1.82, 2.24) is 14.9 Å². The molecule has 0 saturated carbocycles. The molecule has 6 rings (SSSR count). The minimum Gasteiger partial charge on any atom is -0.508 e. The number of halogens is 1. The average molecular weight is 494 g/mol. The maximum absolute atomic E-state index is 13.5. The van der Waals surface area contributed by atoms with E-state index in [1.165, 1.54) is 54.4 Å². The van der Waals surface area contributed by atoms with E-state index < -0.39 is 23.7 Å². The van der Waals surface area contributed by atoms with Crippen molar-refractivity contribution in [2.24, 2.45) is 0 Å². The number of nitrogens with one attached hydrogen (secondary N) is 1. The van der Waals surface area contributed by atoms with Gasteiger partial charge in [-0.1, -0.05) is 18.2 Å². The lowest BCUT2D eigenvalue weighted by atomic mass is 10.1. The highest BCUT2D eigenvalue weighted by Crippen LogP contribution is 2.42. The molecule has 182 valence electrons. The van der Waals surface area contributed by atoms with Crippen LogP contribution in [0.2, 0.25) is 0 Å². The van der Waals surface area contributed by atoms with Crippen LogP contribution in [-0.2, 0) is 4.79 Å². The smallest absolute Gasteiger partial charge is 0.270 e. The number of nitrogens with zero attached hydrogens (tertiary/aromatic N) is 3. The summed E-state index contributed by atoms with van der Waals surface area (Å²) in [4.78, 5) is 44.7. The molecule has 1 atom stereocenters. The predicted octanol–water partition coefficient (Wildman–Crippen LogP) is 4.84. The van der Waals surface area contributed by atoms with Crippen molar-refractivity contribution in [1.29, 1.82) is 0 Å². The van der Waals surface area contributed by atoms with Crippen LogP contribution in [-0.4, -0.2) is 32.4 Å². The largest absolute Gasteiger partial charge is 0.508 e. The molecule has 1 unspecified atom stereocenters. The molecule has 2 amide bonds. The first-order valence-electron chi connectivity index (χ1n) is 11.5. The van der Waals surface area contributed by atoms with Gasteiger partial charge < -0.3 is 10.4 Å². The van der Waals surface area contributed by atoms with Crippen molar-refractivity contribution < 1.29 is 23.9 Å². The molecule has 0 aliphatic carbocycles. The van der Waals surface area contributed by atoms with Crippen molar-refractivity contribution in [2.45, 2.75) is 13.0 Å². The van der Waals surface area contributed by atoms with E-state index in [1.54, 1.807) is 16.7 Å². The Morgan fingerprint density at radius 1 is 0.973 bits per heavy atom. The van der Waals surface area contributed by atoms with Gasteiger partial charge in [-0.2, -0.15) is 0 Å². The molecule has 1 aliphatic rings. The normalized spacial score (nSPS) is 14.8. The quantitative estimate of drug-likeness (QED) is 0.373. The number of rotatable bonds is 3. The first-order chi connectivity index (χ1) is 17.8. The number of amides is 2. The van der Waals surface area contributed by atoms with Crippen molar-refractivity contribution in [3.63, 3.8) is 0 Å². The molecule has 0 saturated heterocycles. The van der Waals surface area contributed by atoms with Crippen LogP contribution in [0.1, 0.15) is 33.8 Å². The second-order valence-corrected chi connectivity index (χ2v) is 8.76. The van der Waals surface area contributed by atoms with Gasteiger partial charge in [0.2, 0.25) is 5.91 Å². The summed E-state index contributed by atoms with van der Waals surface area (Å²) >= 11 is 0. The SMILES string of the molecule is CC(=O)n1c2ccccc2c2cc(C(=O)NC3C(=O)N(c4ccc(F)cc4)c4ccc(O)cc43)ncc21. The van der Waals surface area contributed by atoms with Crippen molar-refractivity contribution in [3.8, 4) is 5.75 Å². The van der Waals surface area contributed by atoms with Gasteiger partial charge in [0.1, 0.15) is 23.3 Å². The number of carbonyl (C=O) groups is 3. The van der Waals surface area contributed by atoms with Crippen LogP contribution in [0.3, 0.4) is 0 Å². The molecule has 8 nitrogen and oxygen atoms in total. The molecule has 5 aromatic rings. The number of hydrogen-bond donors (Lipinski definition) is 2. The first kappa shape index (κ1) is 22.4. The van der Waals surface area contributed by atoms with Crippen LogP contribution in [0.4, 0.5) is 15.8 Å². The number of aromatic nitrogens is 2. The zero-order valence-corrected chi connectivity index (χ0v) is 19.5. The molecule has 2 aromatic heterocycles. The summed E-state index contributed by atoms with van der Waals surface area (Å²) in [6, 6.07) is 17.7. The van der Waals surface area contributed by atoms with Gasteiger partial charge in [0.25, 0.3) is 11.8 Å². The molecule has 0 spiro atoms. The molecule has 0 radical (unpaired) electrons. The minimum absolute atomic E-state index is 0.0636. The summed E-state index contributed by atoms with van der Waals surface area (Å²) in [6.07, 6.45) is 1.46. The minimum atomic E-state index is -1.10. The summed E-state index contributed by atoms with van der Waals surface area (Å²) in [5.41, 5.74) is 2.62. The number of para-hydroxylation sites is 1. The number of carbonyl (C=O) groups excluding carboxylic acids is 3. The number of phenolic OH excluding ortho intramolecular Hbond substituents is 1. The van der Waals surface area contributed by atoms with Crippen LogP contribution < -0.4 is 10.2 Å². The lowest BCUT2D eigenvalue weighted by Gasteiger charge is -2.18. The zero-order valence-electron chi connectivity index (χ0n) is 19.5. The Morgan fingerprint density at radius 3 is 2.49 bits per heavy atom. The Morgan fingerprint density at radius 2 is 1.73 bits per heavy atom. The van der Waals surface area contributed by atoms with Gasteiger partial charge in [0.15, 0.2) is 0 Å². The summed E-state index contributed by atoms with van der Waals surface area (Å²) in [7, 11) is 0. The van der Waals surface area contributed by atoms with E-state index in [0.717, 1.165) is 5.39 Å². The number of pyridine rings is 1. The highest BCUT2D eigenvalue weighted by molar-refractivity contribution is 6.15. The van der Waals surface area contributed by atoms with E-state index in [1.807, 2.05) is 24.3 Å². The molecular formula is C28H19FN4O4. The Bertz CT molecular complexity index is 1760. The van der Waals surface area contributed by atoms with Crippen molar-refractivity contribution >= 4 is 50.9 Å². The van der Waals surface area contributed by atoms with Gasteiger partial charge in [-0.25, -0.2) is 9.37 Å². The third-order valence-electron chi connectivity index (χ3n) is 6.50. The monoisotopic (exact) mass is 494 g/mol. The second-order valence-electron chi connectivity index (χ2n) is 8.76. The molecule has 0 fully saturated rings. The first-order valence-corrected chi connectivity index (χ1v) is 11.5. The average Bonchev–Trinajstić information content (AvgIpc) is 3.36. The van der Waals surface area contributed by atoms with E-state index >= 15 is 0 Å². The van der Waals surface area contributed by atoms with Gasteiger partial charge >= 0.3 is 0 Å². The number of phenols is 1. The number of anilines is 2. The molecule has 1 aliphatic heterocycles. The van der Waals surface area contributed by atoms with Gasteiger partial charge in [0.05, 0.1) is 22.9 Å². The van der Waals surface area contributed by atoms with E-state index in [0.29, 0.717) is 33.4 Å². The fourth-order valence-corrected chi connectivity index (χ4v) is 4.89. The lowest BCUT2D eigenvalue weighted by molar-refractivity contribution is -0.119. The van der Waals surface area contributed by atoms with Crippen molar-refractivity contribution in [2.75, 3.05) is 4.90 Å². The maximum Gasteiger partial charge on any atom is 0.270 e. The third-order valence-corrected chi connectivity index (χ3v) is 6.50. The Kier molecular flexibility index (Phi) is 5.01. The van der Waals surface area contributed by atoms with Gasteiger partial charge in [-0.3, -0.25) is 23.9 Å². The highest BCUT2D eigenvalue weighted by atomic mass is 19.1. The highest BCUT2D eigenvalue weighted by Gasteiger charge is 2.39. The van der Waals surface area contributed by atoms with Crippen molar-refractivity contribution in [3.05, 3.63) is 96.1 Å². The maximum atomic E-state index is 13.5. The summed E-state index contributed by atoms with van der Waals surface area (Å²) < 4.78 is 15.0. The molecule has 2 N–H and O–H groups in total. The van der Waals surface area contributed by atoms with Crippen LogP contribution in [0, 0.1) is 5.82 Å². The van der Waals surface area contributed by atoms with Crippen LogP contribution >= 0.6 is 0 Å².